The van der Waals surface area contributed by atoms with Gasteiger partial charge in [0.15, 0.2) is 6.10 Å². The minimum atomic E-state index is -0.872. The summed E-state index contributed by atoms with van der Waals surface area (Å²) in [5.41, 5.74) is 1.46. The molecule has 1 saturated heterocycles. The maximum atomic E-state index is 12.7. The molecular weight excluding hydrogens is 413 g/mol. The van der Waals surface area contributed by atoms with Crippen molar-refractivity contribution in [1.82, 2.24) is 14.7 Å². The highest BCUT2D eigenvalue weighted by molar-refractivity contribution is 6.33. The van der Waals surface area contributed by atoms with E-state index in [-0.39, 0.29) is 16.6 Å². The van der Waals surface area contributed by atoms with Crippen molar-refractivity contribution in [2.24, 2.45) is 0 Å². The second-order valence-corrected chi connectivity index (χ2v) is 8.05. The molecule has 0 aliphatic carbocycles. The lowest BCUT2D eigenvalue weighted by molar-refractivity contribution is -0.139. The number of hydrogen-bond acceptors (Lipinski definition) is 4. The summed E-state index contributed by atoms with van der Waals surface area (Å²) in [6, 6.07) is 7.37. The molecule has 2 heterocycles. The highest BCUT2D eigenvalue weighted by Gasteiger charge is 2.28. The highest BCUT2D eigenvalue weighted by Crippen LogP contribution is 2.24. The van der Waals surface area contributed by atoms with Crippen molar-refractivity contribution >= 4 is 35.1 Å². The topological polar surface area (TPSA) is 64.4 Å². The summed E-state index contributed by atoms with van der Waals surface area (Å²) < 4.78 is 6.96. The first-order valence-electron chi connectivity index (χ1n) is 9.84. The molecule has 1 unspecified atom stereocenters. The molecule has 8 heteroatoms. The van der Waals surface area contributed by atoms with Gasteiger partial charge in [-0.2, -0.15) is 5.10 Å². The number of ether oxygens (including phenoxy) is 1. The van der Waals surface area contributed by atoms with E-state index in [9.17, 15) is 9.59 Å². The number of benzene rings is 1. The standard InChI is InChI=1S/C21H25Cl2N3O3/c1-14-18(19(23)26(24-14)13-16-9-5-6-10-17(16)22)21(28)29-15(2)20(27)25-11-7-3-4-8-12-25/h5-6,9-10,15H,3-4,7-8,11-13H2,1-2H3. The molecule has 0 spiro atoms. The van der Waals surface area contributed by atoms with Crippen molar-refractivity contribution in [3.05, 3.63) is 51.3 Å². The van der Waals surface area contributed by atoms with E-state index in [2.05, 4.69) is 5.10 Å². The molecule has 1 fully saturated rings. The molecule has 1 aromatic heterocycles. The van der Waals surface area contributed by atoms with Crippen molar-refractivity contribution in [3.63, 3.8) is 0 Å². The van der Waals surface area contributed by atoms with Gasteiger partial charge in [0, 0.05) is 18.1 Å². The van der Waals surface area contributed by atoms with Crippen LogP contribution in [0.2, 0.25) is 10.2 Å². The summed E-state index contributed by atoms with van der Waals surface area (Å²) >= 11 is 12.6. The Hall–Kier alpha value is -2.05. The number of hydrogen-bond donors (Lipinski definition) is 0. The van der Waals surface area contributed by atoms with Crippen molar-refractivity contribution < 1.29 is 14.3 Å². The number of nitrogens with zero attached hydrogens (tertiary/aromatic N) is 3. The lowest BCUT2D eigenvalue weighted by Gasteiger charge is -2.24. The Labute approximate surface area is 180 Å². The van der Waals surface area contributed by atoms with Crippen LogP contribution >= 0.6 is 23.2 Å². The lowest BCUT2D eigenvalue weighted by Crippen LogP contribution is -2.40. The van der Waals surface area contributed by atoms with Crippen LogP contribution in [0.3, 0.4) is 0 Å². The maximum absolute atomic E-state index is 12.7. The number of esters is 1. The van der Waals surface area contributed by atoms with Gasteiger partial charge >= 0.3 is 5.97 Å². The first-order chi connectivity index (χ1) is 13.9. The molecule has 2 aromatic rings. The van der Waals surface area contributed by atoms with Crippen LogP contribution in [0.25, 0.3) is 0 Å². The molecule has 0 bridgehead atoms. The van der Waals surface area contributed by atoms with E-state index < -0.39 is 12.1 Å². The average molecular weight is 438 g/mol. The van der Waals surface area contributed by atoms with Gasteiger partial charge in [-0.15, -0.1) is 0 Å². The minimum Gasteiger partial charge on any atom is -0.449 e. The van der Waals surface area contributed by atoms with Crippen LogP contribution in [0.1, 0.15) is 54.2 Å². The van der Waals surface area contributed by atoms with Crippen molar-refractivity contribution in [2.75, 3.05) is 13.1 Å². The van der Waals surface area contributed by atoms with Crippen molar-refractivity contribution in [2.45, 2.75) is 52.2 Å². The third kappa shape index (κ3) is 5.11. The fourth-order valence-electron chi connectivity index (χ4n) is 3.50. The quantitative estimate of drug-likeness (QED) is 0.646. The van der Waals surface area contributed by atoms with Crippen LogP contribution in [0, 0.1) is 6.92 Å². The predicted octanol–water partition coefficient (Wildman–Crippen LogP) is 4.49. The number of aryl methyl sites for hydroxylation is 1. The monoisotopic (exact) mass is 437 g/mol. The number of carbonyl (C=O) groups excluding carboxylic acids is 2. The SMILES string of the molecule is Cc1nn(Cc2ccccc2Cl)c(Cl)c1C(=O)OC(C)C(=O)N1CCCCCC1. The third-order valence-electron chi connectivity index (χ3n) is 5.10. The summed E-state index contributed by atoms with van der Waals surface area (Å²) in [6.07, 6.45) is 3.33. The van der Waals surface area contributed by atoms with E-state index in [1.807, 2.05) is 18.2 Å². The van der Waals surface area contributed by atoms with Gasteiger partial charge in [0.2, 0.25) is 0 Å². The summed E-state index contributed by atoms with van der Waals surface area (Å²) in [5.74, 6) is -0.814. The Bertz CT molecular complexity index is 889. The third-order valence-corrected chi connectivity index (χ3v) is 5.85. The Morgan fingerprint density at radius 1 is 1.14 bits per heavy atom. The fraction of sp³-hybridized carbons (Fsp3) is 0.476. The summed E-state index contributed by atoms with van der Waals surface area (Å²) in [7, 11) is 0. The molecule has 29 heavy (non-hydrogen) atoms. The summed E-state index contributed by atoms with van der Waals surface area (Å²) in [4.78, 5) is 27.2. The molecule has 1 aliphatic heterocycles. The van der Waals surface area contributed by atoms with Crippen LogP contribution in [0.15, 0.2) is 24.3 Å². The Balaban J connectivity index is 1.71. The molecule has 3 rings (SSSR count). The van der Waals surface area contributed by atoms with Gasteiger partial charge in [-0.05, 0) is 38.3 Å². The Morgan fingerprint density at radius 2 is 1.79 bits per heavy atom. The van der Waals surface area contributed by atoms with Gasteiger partial charge in [-0.25, -0.2) is 9.48 Å². The lowest BCUT2D eigenvalue weighted by atomic mass is 10.2. The van der Waals surface area contributed by atoms with E-state index in [0.29, 0.717) is 30.4 Å². The average Bonchev–Trinajstić information content (AvgIpc) is 2.87. The van der Waals surface area contributed by atoms with Crippen molar-refractivity contribution in [3.8, 4) is 0 Å². The van der Waals surface area contributed by atoms with Crippen LogP contribution in [0.4, 0.5) is 0 Å². The molecule has 1 aliphatic rings. The zero-order valence-electron chi connectivity index (χ0n) is 16.7. The second kappa shape index (κ2) is 9.63. The molecule has 156 valence electrons. The first kappa shape index (κ1) is 21.7. The number of carbonyl (C=O) groups is 2. The normalized spacial score (nSPS) is 15.7. The number of rotatable bonds is 5. The van der Waals surface area contributed by atoms with E-state index in [1.54, 1.807) is 24.8 Å². The van der Waals surface area contributed by atoms with E-state index in [1.165, 1.54) is 4.68 Å². The molecule has 1 aromatic carbocycles. The van der Waals surface area contributed by atoms with E-state index >= 15 is 0 Å². The van der Waals surface area contributed by atoms with Crippen LogP contribution in [0.5, 0.6) is 0 Å². The smallest absolute Gasteiger partial charge is 0.343 e. The van der Waals surface area contributed by atoms with Gasteiger partial charge < -0.3 is 9.64 Å². The molecule has 1 amide bonds. The Morgan fingerprint density at radius 3 is 2.45 bits per heavy atom. The van der Waals surface area contributed by atoms with Gasteiger partial charge in [0.25, 0.3) is 5.91 Å². The van der Waals surface area contributed by atoms with Crippen molar-refractivity contribution in [1.29, 1.82) is 0 Å². The maximum Gasteiger partial charge on any atom is 0.343 e. The van der Waals surface area contributed by atoms with Gasteiger partial charge in [-0.1, -0.05) is 54.2 Å². The van der Waals surface area contributed by atoms with Gasteiger partial charge in [-0.3, -0.25) is 4.79 Å². The number of aromatic nitrogens is 2. The fourth-order valence-corrected chi connectivity index (χ4v) is 4.00. The number of likely N-dealkylation sites (tertiary alicyclic amines) is 1. The largest absolute Gasteiger partial charge is 0.449 e. The minimum absolute atomic E-state index is 0.168. The molecule has 0 radical (unpaired) electrons. The van der Waals surface area contributed by atoms with Crippen LogP contribution in [-0.4, -0.2) is 45.8 Å². The van der Waals surface area contributed by atoms with Gasteiger partial charge in [0.05, 0.1) is 12.2 Å². The molecular formula is C21H25Cl2N3O3. The van der Waals surface area contributed by atoms with Gasteiger partial charge in [0.1, 0.15) is 10.7 Å². The number of amides is 1. The van der Waals surface area contributed by atoms with E-state index in [0.717, 1.165) is 31.2 Å². The summed E-state index contributed by atoms with van der Waals surface area (Å²) in [6.45, 7) is 5.02. The molecule has 0 saturated carbocycles. The molecule has 6 nitrogen and oxygen atoms in total. The highest BCUT2D eigenvalue weighted by atomic mass is 35.5. The first-order valence-corrected chi connectivity index (χ1v) is 10.6. The van der Waals surface area contributed by atoms with E-state index in [4.69, 9.17) is 27.9 Å². The second-order valence-electron chi connectivity index (χ2n) is 7.29. The zero-order valence-corrected chi connectivity index (χ0v) is 18.2. The number of halogens is 2. The van der Waals surface area contributed by atoms with Crippen LogP contribution in [-0.2, 0) is 16.1 Å². The Kier molecular flexibility index (Phi) is 7.19. The molecule has 0 N–H and O–H groups in total. The van der Waals surface area contributed by atoms with Crippen LogP contribution < -0.4 is 0 Å². The summed E-state index contributed by atoms with van der Waals surface area (Å²) in [5, 5.41) is 5.12. The predicted molar refractivity (Wildman–Crippen MR) is 112 cm³/mol. The zero-order chi connectivity index (χ0) is 21.0. The molecule has 1 atom stereocenters.